The van der Waals surface area contributed by atoms with Crippen LogP contribution in [-0.2, 0) is 4.79 Å². The van der Waals surface area contributed by atoms with Crippen LogP contribution in [-0.4, -0.2) is 21.5 Å². The first-order valence-corrected chi connectivity index (χ1v) is 10.4. The molecule has 2 nitrogen and oxygen atoms in total. The van der Waals surface area contributed by atoms with Gasteiger partial charge < -0.3 is 5.32 Å². The molecule has 5 heteroatoms. The second-order valence-electron chi connectivity index (χ2n) is 7.01. The summed E-state index contributed by atoms with van der Waals surface area (Å²) >= 11 is 4.31. The van der Waals surface area contributed by atoms with Crippen molar-refractivity contribution in [3.8, 4) is 0 Å². The number of halogens is 1. The maximum Gasteiger partial charge on any atom is 0.227 e. The van der Waals surface area contributed by atoms with Gasteiger partial charge in [-0.1, -0.05) is 0 Å². The zero-order valence-electron chi connectivity index (χ0n) is 13.3. The van der Waals surface area contributed by atoms with Crippen molar-refractivity contribution in [3.05, 3.63) is 29.6 Å². The van der Waals surface area contributed by atoms with Gasteiger partial charge in [-0.25, -0.2) is 4.39 Å². The van der Waals surface area contributed by atoms with Crippen LogP contribution in [0.1, 0.15) is 31.2 Å². The first kappa shape index (κ1) is 15.8. The van der Waals surface area contributed by atoms with E-state index in [9.17, 15) is 9.18 Å². The molecule has 2 aliphatic carbocycles. The topological polar surface area (TPSA) is 29.1 Å². The minimum atomic E-state index is -0.256. The Morgan fingerprint density at radius 1 is 1.22 bits per heavy atom. The number of thioether (sulfide) groups is 2. The number of amides is 1. The van der Waals surface area contributed by atoms with E-state index in [0.717, 1.165) is 24.1 Å². The van der Waals surface area contributed by atoms with Gasteiger partial charge >= 0.3 is 0 Å². The average Bonchev–Trinajstić information content (AvgIpc) is 3.05. The maximum atomic E-state index is 13.2. The first-order chi connectivity index (χ1) is 11.1. The summed E-state index contributed by atoms with van der Waals surface area (Å²) in [6.07, 6.45) is 4.60. The van der Waals surface area contributed by atoms with E-state index >= 15 is 0 Å². The Kier molecular flexibility index (Phi) is 4.12. The lowest BCUT2D eigenvalue weighted by atomic mass is 9.79. The van der Waals surface area contributed by atoms with Crippen molar-refractivity contribution in [2.75, 3.05) is 16.8 Å². The normalized spacial score (nSPS) is 31.5. The Morgan fingerprint density at radius 3 is 2.48 bits per heavy atom. The van der Waals surface area contributed by atoms with E-state index in [-0.39, 0.29) is 17.6 Å². The van der Waals surface area contributed by atoms with Gasteiger partial charge in [-0.15, -0.1) is 23.5 Å². The van der Waals surface area contributed by atoms with Crippen molar-refractivity contribution < 1.29 is 9.18 Å². The van der Waals surface area contributed by atoms with Crippen LogP contribution < -0.4 is 5.32 Å². The number of carbonyl (C=O) groups excluding carboxylic acids is 1. The van der Waals surface area contributed by atoms with Crippen LogP contribution >= 0.6 is 23.5 Å². The van der Waals surface area contributed by atoms with Crippen LogP contribution in [0.5, 0.6) is 0 Å². The molecule has 0 aromatic heterocycles. The molecule has 1 saturated heterocycles. The van der Waals surface area contributed by atoms with Gasteiger partial charge in [0.05, 0.1) is 4.08 Å². The van der Waals surface area contributed by atoms with Gasteiger partial charge in [0.15, 0.2) is 0 Å². The van der Waals surface area contributed by atoms with Gasteiger partial charge in [0, 0.05) is 23.1 Å². The molecule has 1 amide bonds. The molecule has 1 aliphatic heterocycles. The van der Waals surface area contributed by atoms with Crippen molar-refractivity contribution >= 4 is 35.1 Å². The lowest BCUT2D eigenvalue weighted by Gasteiger charge is -2.42. The average molecular weight is 352 g/mol. The number of anilines is 1. The second kappa shape index (κ2) is 5.99. The van der Waals surface area contributed by atoms with E-state index < -0.39 is 0 Å². The van der Waals surface area contributed by atoms with E-state index in [1.165, 1.54) is 36.5 Å². The summed E-state index contributed by atoms with van der Waals surface area (Å²) in [5.41, 5.74) is 1.53. The summed E-state index contributed by atoms with van der Waals surface area (Å²) in [5.74, 6) is 3.89. The number of benzene rings is 1. The van der Waals surface area contributed by atoms with Crippen molar-refractivity contribution in [1.29, 1.82) is 0 Å². The summed E-state index contributed by atoms with van der Waals surface area (Å²) in [6.45, 7) is 1.84. The van der Waals surface area contributed by atoms with Gasteiger partial charge in [-0.2, -0.15) is 0 Å². The van der Waals surface area contributed by atoms with Gasteiger partial charge in [0.25, 0.3) is 0 Å². The van der Waals surface area contributed by atoms with E-state index in [1.807, 2.05) is 6.92 Å². The van der Waals surface area contributed by atoms with Crippen LogP contribution in [0.15, 0.2) is 18.2 Å². The van der Waals surface area contributed by atoms with Gasteiger partial charge in [-0.05, 0) is 68.2 Å². The Bertz CT molecular complexity index is 613. The highest BCUT2D eigenvalue weighted by Gasteiger charge is 2.57. The maximum absolute atomic E-state index is 13.2. The number of rotatable bonds is 2. The summed E-state index contributed by atoms with van der Waals surface area (Å²) in [5, 5.41) is 3.04. The third-order valence-electron chi connectivity index (χ3n) is 5.70. The molecule has 4 rings (SSSR count). The van der Waals surface area contributed by atoms with Crippen molar-refractivity contribution in [3.63, 3.8) is 0 Å². The van der Waals surface area contributed by atoms with Gasteiger partial charge in [0.2, 0.25) is 5.91 Å². The summed E-state index contributed by atoms with van der Waals surface area (Å²) in [4.78, 5) is 12.7. The zero-order valence-corrected chi connectivity index (χ0v) is 14.9. The van der Waals surface area contributed by atoms with E-state index in [1.54, 1.807) is 6.07 Å². The molecule has 2 bridgehead atoms. The van der Waals surface area contributed by atoms with Crippen LogP contribution in [0.2, 0.25) is 0 Å². The molecule has 1 N–H and O–H groups in total. The highest BCUT2D eigenvalue weighted by atomic mass is 32.2. The minimum absolute atomic E-state index is 0.115. The quantitative estimate of drug-likeness (QED) is 0.838. The molecule has 1 aromatic rings. The van der Waals surface area contributed by atoms with Crippen molar-refractivity contribution in [2.45, 2.75) is 36.7 Å². The molecule has 2 saturated carbocycles. The minimum Gasteiger partial charge on any atom is -0.326 e. The SMILES string of the molecule is Cc1cc(F)ccc1NC(=O)C1C[C@H]2CC[C@@H](C1)C21SCCS1. The predicted octanol–water partition coefficient (Wildman–Crippen LogP) is 4.69. The van der Waals surface area contributed by atoms with E-state index in [4.69, 9.17) is 0 Å². The molecule has 3 atom stereocenters. The number of hydrogen-bond acceptors (Lipinski definition) is 3. The molecule has 0 radical (unpaired) electrons. The molecule has 3 aliphatic rings. The number of nitrogens with one attached hydrogen (secondary N) is 1. The molecule has 124 valence electrons. The molecular formula is C18H22FNOS2. The zero-order chi connectivity index (χ0) is 16.0. The Balaban J connectivity index is 1.46. The molecule has 1 aromatic carbocycles. The fourth-order valence-corrected chi connectivity index (χ4v) is 8.55. The van der Waals surface area contributed by atoms with Crippen LogP contribution in [0.4, 0.5) is 10.1 Å². The number of aryl methyl sites for hydroxylation is 1. The molecule has 1 unspecified atom stereocenters. The Morgan fingerprint density at radius 2 is 1.87 bits per heavy atom. The Hall–Kier alpha value is -0.680. The third kappa shape index (κ3) is 2.70. The monoisotopic (exact) mass is 351 g/mol. The van der Waals surface area contributed by atoms with E-state index in [0.29, 0.717) is 15.9 Å². The fourth-order valence-electron chi connectivity index (χ4n) is 4.62. The smallest absolute Gasteiger partial charge is 0.227 e. The van der Waals surface area contributed by atoms with Crippen molar-refractivity contribution in [1.82, 2.24) is 0 Å². The fraction of sp³-hybridized carbons (Fsp3) is 0.611. The molecular weight excluding hydrogens is 329 g/mol. The lowest BCUT2D eigenvalue weighted by molar-refractivity contribution is -0.121. The number of carbonyl (C=O) groups is 1. The van der Waals surface area contributed by atoms with Crippen LogP contribution in [0, 0.1) is 30.5 Å². The predicted molar refractivity (Wildman–Crippen MR) is 96.4 cm³/mol. The largest absolute Gasteiger partial charge is 0.326 e. The van der Waals surface area contributed by atoms with E-state index in [2.05, 4.69) is 28.8 Å². The summed E-state index contributed by atoms with van der Waals surface area (Å²) < 4.78 is 13.6. The van der Waals surface area contributed by atoms with Crippen LogP contribution in [0.25, 0.3) is 0 Å². The lowest BCUT2D eigenvalue weighted by Crippen LogP contribution is -2.41. The van der Waals surface area contributed by atoms with Crippen LogP contribution in [0.3, 0.4) is 0 Å². The number of hydrogen-bond donors (Lipinski definition) is 1. The highest BCUT2D eigenvalue weighted by Crippen LogP contribution is 2.65. The second-order valence-corrected chi connectivity index (χ2v) is 10.0. The summed E-state index contributed by atoms with van der Waals surface area (Å²) in [7, 11) is 0. The van der Waals surface area contributed by atoms with Gasteiger partial charge in [0.1, 0.15) is 5.82 Å². The molecule has 23 heavy (non-hydrogen) atoms. The molecule has 1 spiro atoms. The molecule has 3 fully saturated rings. The third-order valence-corrected chi connectivity index (χ3v) is 9.71. The first-order valence-electron chi connectivity index (χ1n) is 8.43. The van der Waals surface area contributed by atoms with Gasteiger partial charge in [-0.3, -0.25) is 4.79 Å². The standard InChI is InChI=1S/C18H22FNOS2/c1-11-8-15(19)4-5-16(11)20-17(21)12-9-13-2-3-14(10-12)18(13)22-6-7-23-18/h4-5,8,12-14H,2-3,6-7,9-10H2,1H3,(H,20,21)/t12?,13-,14+. The highest BCUT2D eigenvalue weighted by molar-refractivity contribution is 8.21. The van der Waals surface area contributed by atoms with Crippen molar-refractivity contribution in [2.24, 2.45) is 17.8 Å². The Labute approximate surface area is 145 Å². The molecule has 1 heterocycles. The summed E-state index contributed by atoms with van der Waals surface area (Å²) in [6, 6.07) is 4.55.